The van der Waals surface area contributed by atoms with Crippen molar-refractivity contribution in [1.29, 1.82) is 5.26 Å². The van der Waals surface area contributed by atoms with Crippen LogP contribution in [0.2, 0.25) is 0 Å². The molecule has 0 saturated heterocycles. The highest BCUT2D eigenvalue weighted by molar-refractivity contribution is 5.46. The van der Waals surface area contributed by atoms with E-state index in [1.807, 2.05) is 6.07 Å². The number of unbranched alkanes of at least 4 members (excludes halogenated alkanes) is 2. The van der Waals surface area contributed by atoms with Gasteiger partial charge >= 0.3 is 0 Å². The molecule has 1 aromatic heterocycles. The molecule has 4 nitrogen and oxygen atoms in total. The van der Waals surface area contributed by atoms with Gasteiger partial charge in [-0.25, -0.2) is 0 Å². The van der Waals surface area contributed by atoms with E-state index in [9.17, 15) is 0 Å². The number of aromatic amines is 1. The van der Waals surface area contributed by atoms with E-state index in [0.29, 0.717) is 11.5 Å². The molecular formula is C9H14N4. The molecule has 0 aromatic carbocycles. The second-order valence-electron chi connectivity index (χ2n) is 3.03. The summed E-state index contributed by atoms with van der Waals surface area (Å²) in [5, 5.41) is 15.1. The maximum atomic E-state index is 8.70. The zero-order chi connectivity index (χ0) is 9.68. The highest BCUT2D eigenvalue weighted by Gasteiger charge is 2.08. The molecule has 13 heavy (non-hydrogen) atoms. The van der Waals surface area contributed by atoms with Gasteiger partial charge in [0.05, 0.1) is 0 Å². The fourth-order valence-electron chi connectivity index (χ4n) is 1.28. The molecule has 0 atom stereocenters. The Morgan fingerprint density at radius 3 is 2.92 bits per heavy atom. The van der Waals surface area contributed by atoms with E-state index >= 15 is 0 Å². The van der Waals surface area contributed by atoms with Crippen LogP contribution in [0.15, 0.2) is 0 Å². The largest absolute Gasteiger partial charge is 0.384 e. The zero-order valence-electron chi connectivity index (χ0n) is 7.80. The highest BCUT2D eigenvalue weighted by atomic mass is 15.2. The molecule has 0 spiro atoms. The van der Waals surface area contributed by atoms with Gasteiger partial charge in [0, 0.05) is 5.56 Å². The molecule has 0 amide bonds. The first-order valence-corrected chi connectivity index (χ1v) is 4.52. The number of H-pyrrole nitrogens is 1. The standard InChI is InChI=1S/C9H14N4/c1-2-3-4-5-7-8(6-10)12-13-9(7)11/h2-5H2,1H3,(H3,11,12,13). The Kier molecular flexibility index (Phi) is 3.32. The van der Waals surface area contributed by atoms with Crippen LogP contribution in [0.5, 0.6) is 0 Å². The molecule has 0 unspecified atom stereocenters. The summed E-state index contributed by atoms with van der Waals surface area (Å²) in [7, 11) is 0. The van der Waals surface area contributed by atoms with E-state index in [1.165, 1.54) is 6.42 Å². The molecule has 0 radical (unpaired) electrons. The molecular weight excluding hydrogens is 164 g/mol. The number of anilines is 1. The number of nitrogens with one attached hydrogen (secondary N) is 1. The second kappa shape index (κ2) is 4.51. The van der Waals surface area contributed by atoms with Crippen molar-refractivity contribution in [1.82, 2.24) is 10.2 Å². The smallest absolute Gasteiger partial charge is 0.167 e. The minimum absolute atomic E-state index is 0.439. The van der Waals surface area contributed by atoms with Gasteiger partial charge in [0.2, 0.25) is 0 Å². The summed E-state index contributed by atoms with van der Waals surface area (Å²) in [6, 6.07) is 2.02. The van der Waals surface area contributed by atoms with Crippen LogP contribution in [-0.2, 0) is 6.42 Å². The SMILES string of the molecule is CCCCCc1c(C#N)n[nH]c1N. The van der Waals surface area contributed by atoms with Gasteiger partial charge < -0.3 is 5.73 Å². The van der Waals surface area contributed by atoms with Crippen molar-refractivity contribution in [3.05, 3.63) is 11.3 Å². The third-order valence-corrected chi connectivity index (χ3v) is 2.04. The molecule has 0 saturated carbocycles. The van der Waals surface area contributed by atoms with Crippen molar-refractivity contribution in [2.24, 2.45) is 0 Å². The minimum Gasteiger partial charge on any atom is -0.384 e. The summed E-state index contributed by atoms with van der Waals surface area (Å²) in [5.74, 6) is 0.535. The van der Waals surface area contributed by atoms with Crippen molar-refractivity contribution in [2.45, 2.75) is 32.6 Å². The van der Waals surface area contributed by atoms with E-state index in [1.54, 1.807) is 0 Å². The first-order valence-electron chi connectivity index (χ1n) is 4.52. The summed E-state index contributed by atoms with van der Waals surface area (Å²) in [6.45, 7) is 2.14. The molecule has 3 N–H and O–H groups in total. The van der Waals surface area contributed by atoms with Crippen LogP contribution < -0.4 is 5.73 Å². The third kappa shape index (κ3) is 2.22. The molecule has 0 fully saturated rings. The van der Waals surface area contributed by atoms with Gasteiger partial charge in [0.25, 0.3) is 0 Å². The lowest BCUT2D eigenvalue weighted by Crippen LogP contribution is -1.93. The fraction of sp³-hybridized carbons (Fsp3) is 0.556. The predicted octanol–water partition coefficient (Wildman–Crippen LogP) is 1.60. The van der Waals surface area contributed by atoms with Crippen LogP contribution in [0.25, 0.3) is 0 Å². The Bertz CT molecular complexity index is 308. The average Bonchev–Trinajstić information content (AvgIpc) is 2.48. The van der Waals surface area contributed by atoms with Crippen molar-refractivity contribution in [3.8, 4) is 6.07 Å². The molecule has 0 aliphatic carbocycles. The molecule has 0 bridgehead atoms. The Hall–Kier alpha value is -1.50. The number of nitrogen functional groups attached to an aromatic ring is 1. The molecule has 0 aliphatic rings. The lowest BCUT2D eigenvalue weighted by molar-refractivity contribution is 0.717. The van der Waals surface area contributed by atoms with Gasteiger partial charge in [0.15, 0.2) is 5.69 Å². The first kappa shape index (κ1) is 9.59. The maximum Gasteiger partial charge on any atom is 0.167 e. The van der Waals surface area contributed by atoms with Crippen molar-refractivity contribution >= 4 is 5.82 Å². The quantitative estimate of drug-likeness (QED) is 0.687. The molecule has 4 heteroatoms. The summed E-state index contributed by atoms with van der Waals surface area (Å²) >= 11 is 0. The Morgan fingerprint density at radius 2 is 2.31 bits per heavy atom. The highest BCUT2D eigenvalue weighted by Crippen LogP contribution is 2.15. The third-order valence-electron chi connectivity index (χ3n) is 2.04. The number of hydrogen-bond acceptors (Lipinski definition) is 3. The Balaban J connectivity index is 2.64. The van der Waals surface area contributed by atoms with E-state index in [-0.39, 0.29) is 0 Å². The van der Waals surface area contributed by atoms with E-state index in [4.69, 9.17) is 11.0 Å². The lowest BCUT2D eigenvalue weighted by Gasteiger charge is -1.97. The maximum absolute atomic E-state index is 8.70. The molecule has 1 rings (SSSR count). The second-order valence-corrected chi connectivity index (χ2v) is 3.03. The number of rotatable bonds is 4. The monoisotopic (exact) mass is 178 g/mol. The first-order chi connectivity index (χ1) is 6.29. The van der Waals surface area contributed by atoms with Gasteiger partial charge in [-0.05, 0) is 12.8 Å². The van der Waals surface area contributed by atoms with Crippen LogP contribution in [0.3, 0.4) is 0 Å². The summed E-state index contributed by atoms with van der Waals surface area (Å²) in [6.07, 6.45) is 4.24. The number of aromatic nitrogens is 2. The van der Waals surface area contributed by atoms with Crippen LogP contribution in [0, 0.1) is 11.3 Å². The fourth-order valence-corrected chi connectivity index (χ4v) is 1.28. The van der Waals surface area contributed by atoms with Crippen LogP contribution >= 0.6 is 0 Å². The van der Waals surface area contributed by atoms with Gasteiger partial charge in [-0.1, -0.05) is 19.8 Å². The average molecular weight is 178 g/mol. The van der Waals surface area contributed by atoms with E-state index < -0.39 is 0 Å². The molecule has 1 aromatic rings. The lowest BCUT2D eigenvalue weighted by atomic mass is 10.1. The molecule has 70 valence electrons. The molecule has 0 aliphatic heterocycles. The van der Waals surface area contributed by atoms with Gasteiger partial charge in [-0.15, -0.1) is 0 Å². The van der Waals surface area contributed by atoms with Crippen LogP contribution in [-0.4, -0.2) is 10.2 Å². The minimum atomic E-state index is 0.439. The van der Waals surface area contributed by atoms with Crippen LogP contribution in [0.4, 0.5) is 5.82 Å². The van der Waals surface area contributed by atoms with Crippen molar-refractivity contribution in [2.75, 3.05) is 5.73 Å². The topological polar surface area (TPSA) is 78.5 Å². The Morgan fingerprint density at radius 1 is 1.54 bits per heavy atom. The zero-order valence-corrected chi connectivity index (χ0v) is 7.80. The summed E-state index contributed by atoms with van der Waals surface area (Å²) in [5.41, 5.74) is 6.94. The normalized spacial score (nSPS) is 9.85. The molecule has 1 heterocycles. The number of nitriles is 1. The predicted molar refractivity (Wildman–Crippen MR) is 50.9 cm³/mol. The van der Waals surface area contributed by atoms with Crippen molar-refractivity contribution in [3.63, 3.8) is 0 Å². The van der Waals surface area contributed by atoms with E-state index in [2.05, 4.69) is 17.1 Å². The number of hydrogen-bond donors (Lipinski definition) is 2. The Labute approximate surface area is 77.8 Å². The van der Waals surface area contributed by atoms with Crippen molar-refractivity contribution < 1.29 is 0 Å². The number of nitrogens with zero attached hydrogens (tertiary/aromatic N) is 2. The summed E-state index contributed by atoms with van der Waals surface area (Å²) in [4.78, 5) is 0. The van der Waals surface area contributed by atoms with Crippen LogP contribution in [0.1, 0.15) is 37.4 Å². The van der Waals surface area contributed by atoms with Gasteiger partial charge in [-0.2, -0.15) is 10.4 Å². The summed E-state index contributed by atoms with van der Waals surface area (Å²) < 4.78 is 0. The van der Waals surface area contributed by atoms with E-state index in [0.717, 1.165) is 24.8 Å². The van der Waals surface area contributed by atoms with Gasteiger partial charge in [0.1, 0.15) is 11.9 Å². The van der Waals surface area contributed by atoms with Gasteiger partial charge in [-0.3, -0.25) is 5.10 Å². The number of nitrogens with two attached hydrogens (primary N) is 1.